The molecule has 1 aliphatic carbocycles. The van der Waals surface area contributed by atoms with E-state index in [4.69, 9.17) is 0 Å². The predicted octanol–water partition coefficient (Wildman–Crippen LogP) is 1.95. The number of benzene rings is 1. The lowest BCUT2D eigenvalue weighted by Crippen LogP contribution is -2.46. The summed E-state index contributed by atoms with van der Waals surface area (Å²) in [6.45, 7) is 3.94. The minimum absolute atomic E-state index is 0.105. The molecule has 2 aliphatic rings. The number of likely N-dealkylation sites (tertiary alicyclic amines) is 1. The van der Waals surface area contributed by atoms with E-state index in [0.717, 1.165) is 18.4 Å². The lowest BCUT2D eigenvalue weighted by molar-refractivity contribution is -0.147. The Hall–Kier alpha value is -2.44. The van der Waals surface area contributed by atoms with Crippen LogP contribution in [0.5, 0.6) is 0 Å². The Morgan fingerprint density at radius 3 is 2.52 bits per heavy atom. The van der Waals surface area contributed by atoms with Gasteiger partial charge < -0.3 is 10.6 Å². The van der Waals surface area contributed by atoms with Gasteiger partial charge in [0.15, 0.2) is 5.96 Å². The number of carbonyl (C=O) groups is 2. The number of hydrogen-bond acceptors (Lipinski definition) is 3. The van der Waals surface area contributed by atoms with E-state index in [2.05, 4.69) is 15.6 Å². The number of imide groups is 1. The summed E-state index contributed by atoms with van der Waals surface area (Å²) in [6, 6.07) is 6.90. The predicted molar refractivity (Wildman–Crippen MR) is 102 cm³/mol. The van der Waals surface area contributed by atoms with Gasteiger partial charge in [0.05, 0.1) is 6.54 Å². The zero-order valence-corrected chi connectivity index (χ0v) is 15.8. The molecular weight excluding hydrogens is 347 g/mol. The van der Waals surface area contributed by atoms with Crippen molar-refractivity contribution >= 4 is 17.8 Å². The number of piperidine rings is 1. The second-order valence-electron chi connectivity index (χ2n) is 7.17. The molecule has 27 heavy (non-hydrogen) atoms. The largest absolute Gasteiger partial charge is 0.357 e. The highest BCUT2D eigenvalue weighted by molar-refractivity contribution is 5.97. The highest BCUT2D eigenvalue weighted by Gasteiger charge is 2.45. The number of nitrogens with zero attached hydrogens (tertiary/aromatic N) is 2. The summed E-state index contributed by atoms with van der Waals surface area (Å²) < 4.78 is 14.1. The Balaban J connectivity index is 1.58. The normalized spacial score (nSPS) is 19.2. The van der Waals surface area contributed by atoms with Gasteiger partial charge in [-0.3, -0.25) is 19.5 Å². The van der Waals surface area contributed by atoms with Gasteiger partial charge in [-0.25, -0.2) is 4.39 Å². The van der Waals surface area contributed by atoms with Crippen molar-refractivity contribution in [3.8, 4) is 0 Å². The van der Waals surface area contributed by atoms with Gasteiger partial charge in [0.2, 0.25) is 11.8 Å². The third-order valence-corrected chi connectivity index (χ3v) is 5.19. The number of carbonyl (C=O) groups excluding carboxylic acids is 2. The lowest BCUT2D eigenvalue weighted by atomic mass is 9.95. The summed E-state index contributed by atoms with van der Waals surface area (Å²) in [7, 11) is 0. The van der Waals surface area contributed by atoms with E-state index in [9.17, 15) is 14.0 Å². The molecular formula is C20H27FN4O2. The van der Waals surface area contributed by atoms with Crippen molar-refractivity contribution < 1.29 is 14.0 Å². The van der Waals surface area contributed by atoms with E-state index in [0.29, 0.717) is 51.4 Å². The van der Waals surface area contributed by atoms with Crippen molar-refractivity contribution in [2.45, 2.75) is 44.4 Å². The first-order valence-electron chi connectivity index (χ1n) is 9.66. The first kappa shape index (κ1) is 19.3. The Morgan fingerprint density at radius 2 is 1.89 bits per heavy atom. The van der Waals surface area contributed by atoms with Crippen LogP contribution >= 0.6 is 0 Å². The van der Waals surface area contributed by atoms with Gasteiger partial charge in [-0.1, -0.05) is 18.2 Å². The molecule has 0 spiro atoms. The Morgan fingerprint density at radius 1 is 1.19 bits per heavy atom. The SMILES string of the molecule is CCNC(=NCC1(c2ccccc2F)CC1)NCCN1C(=O)CCCC1=O. The van der Waals surface area contributed by atoms with E-state index >= 15 is 0 Å². The number of rotatable bonds is 7. The Kier molecular flexibility index (Phi) is 6.08. The van der Waals surface area contributed by atoms with Crippen molar-refractivity contribution in [2.24, 2.45) is 4.99 Å². The molecule has 0 radical (unpaired) electrons. The van der Waals surface area contributed by atoms with Gasteiger partial charge >= 0.3 is 0 Å². The first-order valence-corrected chi connectivity index (χ1v) is 9.66. The smallest absolute Gasteiger partial charge is 0.229 e. The number of hydrogen-bond donors (Lipinski definition) is 2. The van der Waals surface area contributed by atoms with E-state index in [1.54, 1.807) is 6.07 Å². The molecule has 1 aliphatic heterocycles. The fourth-order valence-electron chi connectivity index (χ4n) is 3.46. The summed E-state index contributed by atoms with van der Waals surface area (Å²) >= 11 is 0. The van der Waals surface area contributed by atoms with Crippen LogP contribution in [0.15, 0.2) is 29.3 Å². The molecule has 1 heterocycles. The van der Waals surface area contributed by atoms with Gasteiger partial charge in [0, 0.05) is 37.9 Å². The number of halogens is 1. The van der Waals surface area contributed by atoms with Crippen LogP contribution in [0.25, 0.3) is 0 Å². The first-order chi connectivity index (χ1) is 13.1. The molecule has 1 saturated heterocycles. The molecule has 0 aromatic heterocycles. The van der Waals surface area contributed by atoms with Crippen LogP contribution in [0, 0.1) is 5.82 Å². The summed E-state index contributed by atoms with van der Waals surface area (Å²) in [5.41, 5.74) is 0.515. The molecule has 2 amide bonds. The maximum Gasteiger partial charge on any atom is 0.229 e. The van der Waals surface area contributed by atoms with Crippen LogP contribution in [0.4, 0.5) is 4.39 Å². The fraction of sp³-hybridized carbons (Fsp3) is 0.550. The lowest BCUT2D eigenvalue weighted by Gasteiger charge is -2.25. The summed E-state index contributed by atoms with van der Waals surface area (Å²) in [5.74, 6) is 0.236. The summed E-state index contributed by atoms with van der Waals surface area (Å²) in [4.78, 5) is 29.7. The molecule has 1 aromatic rings. The average Bonchev–Trinajstić information content (AvgIpc) is 3.43. The summed E-state index contributed by atoms with van der Waals surface area (Å²) in [5, 5.41) is 6.34. The second kappa shape index (κ2) is 8.50. The molecule has 2 fully saturated rings. The number of aliphatic imine (C=N–C) groups is 1. The monoisotopic (exact) mass is 374 g/mol. The van der Waals surface area contributed by atoms with Crippen molar-refractivity contribution in [1.82, 2.24) is 15.5 Å². The Bertz CT molecular complexity index is 714. The maximum absolute atomic E-state index is 14.1. The van der Waals surface area contributed by atoms with E-state index in [-0.39, 0.29) is 23.0 Å². The van der Waals surface area contributed by atoms with E-state index < -0.39 is 0 Å². The third kappa shape index (κ3) is 4.64. The van der Waals surface area contributed by atoms with Gasteiger partial charge in [-0.2, -0.15) is 0 Å². The van der Waals surface area contributed by atoms with Gasteiger partial charge in [-0.15, -0.1) is 0 Å². The van der Waals surface area contributed by atoms with E-state index in [1.807, 2.05) is 19.1 Å². The number of amides is 2. The van der Waals surface area contributed by atoms with Crippen LogP contribution in [0.2, 0.25) is 0 Å². The van der Waals surface area contributed by atoms with Crippen LogP contribution in [0.1, 0.15) is 44.6 Å². The highest BCUT2D eigenvalue weighted by atomic mass is 19.1. The van der Waals surface area contributed by atoms with Crippen molar-refractivity contribution in [1.29, 1.82) is 0 Å². The molecule has 2 N–H and O–H groups in total. The van der Waals surface area contributed by atoms with Crippen molar-refractivity contribution in [3.63, 3.8) is 0 Å². The Labute approximate surface area is 159 Å². The molecule has 1 aromatic carbocycles. The summed E-state index contributed by atoms with van der Waals surface area (Å²) in [6.07, 6.45) is 3.36. The van der Waals surface area contributed by atoms with Gasteiger partial charge in [-0.05, 0) is 37.8 Å². The highest BCUT2D eigenvalue weighted by Crippen LogP contribution is 2.49. The van der Waals surface area contributed by atoms with Gasteiger partial charge in [0.25, 0.3) is 0 Å². The molecule has 1 saturated carbocycles. The molecule has 7 heteroatoms. The molecule has 6 nitrogen and oxygen atoms in total. The van der Waals surface area contributed by atoms with Crippen LogP contribution < -0.4 is 10.6 Å². The molecule has 0 bridgehead atoms. The molecule has 3 rings (SSSR count). The standard InChI is InChI=1S/C20H27FN4O2/c1-2-22-19(23-12-13-25-17(26)8-5-9-18(25)27)24-14-20(10-11-20)15-6-3-4-7-16(15)21/h3-4,6-7H,2,5,8-14H2,1H3,(H2,22,23,24). The molecule has 0 atom stereocenters. The van der Waals surface area contributed by atoms with Gasteiger partial charge in [0.1, 0.15) is 5.82 Å². The van der Waals surface area contributed by atoms with Crippen LogP contribution in [-0.4, -0.2) is 48.9 Å². The zero-order valence-electron chi connectivity index (χ0n) is 15.8. The molecule has 146 valence electrons. The topological polar surface area (TPSA) is 73.8 Å². The minimum atomic E-state index is -0.216. The maximum atomic E-state index is 14.1. The second-order valence-corrected chi connectivity index (χ2v) is 7.17. The van der Waals surface area contributed by atoms with Crippen LogP contribution in [-0.2, 0) is 15.0 Å². The van der Waals surface area contributed by atoms with E-state index in [1.165, 1.54) is 11.0 Å². The quantitative estimate of drug-likeness (QED) is 0.435. The molecule has 0 unspecified atom stereocenters. The fourth-order valence-corrected chi connectivity index (χ4v) is 3.46. The zero-order chi connectivity index (χ0) is 19.3. The van der Waals surface area contributed by atoms with Crippen LogP contribution in [0.3, 0.4) is 0 Å². The van der Waals surface area contributed by atoms with Crippen molar-refractivity contribution in [2.75, 3.05) is 26.2 Å². The third-order valence-electron chi connectivity index (χ3n) is 5.19. The average molecular weight is 374 g/mol. The number of nitrogens with one attached hydrogen (secondary N) is 2. The van der Waals surface area contributed by atoms with Crippen molar-refractivity contribution in [3.05, 3.63) is 35.6 Å². The minimum Gasteiger partial charge on any atom is -0.357 e. The number of guanidine groups is 1.